The fraction of sp³-hybridized carbons (Fsp3) is 0.174. The third kappa shape index (κ3) is 4.06. The van der Waals surface area contributed by atoms with Gasteiger partial charge in [-0.1, -0.05) is 0 Å². The number of carbonyl (C=O) groups is 1. The number of rotatable bonds is 6. The molecule has 148 valence electrons. The largest absolute Gasteiger partial charge is 0.467 e. The minimum atomic E-state index is -0.348. The molecule has 2 N–H and O–H groups in total. The second kappa shape index (κ2) is 7.91. The molecule has 0 aliphatic carbocycles. The maximum atomic E-state index is 13.9. The minimum Gasteiger partial charge on any atom is -0.467 e. The van der Waals surface area contributed by atoms with E-state index in [1.54, 1.807) is 36.6 Å². The van der Waals surface area contributed by atoms with Gasteiger partial charge in [-0.15, -0.1) is 0 Å². The SMILES string of the molecule is C[C@@H](NC(=O)CCc1c(-c2ccc(F)cc2)[nH]c2ccc(F)cc12)c1ccco1. The number of amides is 1. The summed E-state index contributed by atoms with van der Waals surface area (Å²) in [6.07, 6.45) is 2.20. The zero-order valence-corrected chi connectivity index (χ0v) is 15.8. The van der Waals surface area contributed by atoms with Gasteiger partial charge in [-0.25, -0.2) is 8.78 Å². The Morgan fingerprint density at radius 1 is 1.10 bits per heavy atom. The monoisotopic (exact) mass is 394 g/mol. The topological polar surface area (TPSA) is 58.0 Å². The second-order valence-electron chi connectivity index (χ2n) is 6.98. The molecule has 2 heterocycles. The number of carbonyl (C=O) groups excluding carboxylic acids is 1. The first-order chi connectivity index (χ1) is 14.0. The number of benzene rings is 2. The highest BCUT2D eigenvalue weighted by molar-refractivity contribution is 5.91. The number of aromatic amines is 1. The van der Waals surface area contributed by atoms with Crippen LogP contribution in [0.15, 0.2) is 65.3 Å². The number of hydrogen-bond donors (Lipinski definition) is 2. The molecule has 0 aliphatic rings. The summed E-state index contributed by atoms with van der Waals surface area (Å²) >= 11 is 0. The van der Waals surface area contributed by atoms with E-state index in [9.17, 15) is 13.6 Å². The molecule has 0 radical (unpaired) electrons. The van der Waals surface area contributed by atoms with Crippen molar-refractivity contribution in [2.45, 2.75) is 25.8 Å². The average Bonchev–Trinajstić information content (AvgIpc) is 3.35. The van der Waals surface area contributed by atoms with Crippen LogP contribution < -0.4 is 5.32 Å². The number of hydrogen-bond acceptors (Lipinski definition) is 2. The van der Waals surface area contributed by atoms with Gasteiger partial charge in [0.05, 0.1) is 12.3 Å². The second-order valence-corrected chi connectivity index (χ2v) is 6.98. The number of aryl methyl sites for hydroxylation is 1. The lowest BCUT2D eigenvalue weighted by atomic mass is 10.0. The molecule has 6 heteroatoms. The molecule has 4 aromatic rings. The van der Waals surface area contributed by atoms with Crippen molar-refractivity contribution in [3.8, 4) is 11.3 Å². The molecule has 29 heavy (non-hydrogen) atoms. The van der Waals surface area contributed by atoms with Crippen molar-refractivity contribution in [2.24, 2.45) is 0 Å². The number of H-pyrrole nitrogens is 1. The lowest BCUT2D eigenvalue weighted by Gasteiger charge is -2.12. The van der Waals surface area contributed by atoms with Gasteiger partial charge in [-0.3, -0.25) is 4.79 Å². The van der Waals surface area contributed by atoms with Crippen LogP contribution in [0.1, 0.15) is 30.7 Å². The van der Waals surface area contributed by atoms with Gasteiger partial charge in [-0.2, -0.15) is 0 Å². The molecular weight excluding hydrogens is 374 g/mol. The number of nitrogens with one attached hydrogen (secondary N) is 2. The summed E-state index contributed by atoms with van der Waals surface area (Å²) in [6.45, 7) is 1.85. The van der Waals surface area contributed by atoms with Crippen LogP contribution >= 0.6 is 0 Å². The predicted octanol–water partition coefficient (Wildman–Crippen LogP) is 5.52. The van der Waals surface area contributed by atoms with Gasteiger partial charge in [0.15, 0.2) is 0 Å². The van der Waals surface area contributed by atoms with Crippen molar-refractivity contribution in [3.63, 3.8) is 0 Å². The van der Waals surface area contributed by atoms with Crippen molar-refractivity contribution in [1.29, 1.82) is 0 Å². The van der Waals surface area contributed by atoms with Crippen molar-refractivity contribution < 1.29 is 18.0 Å². The molecule has 1 atom stereocenters. The fourth-order valence-corrected chi connectivity index (χ4v) is 3.50. The first-order valence-electron chi connectivity index (χ1n) is 9.40. The summed E-state index contributed by atoms with van der Waals surface area (Å²) in [4.78, 5) is 15.7. The molecular formula is C23H20F2N2O2. The van der Waals surface area contributed by atoms with Gasteiger partial charge < -0.3 is 14.7 Å². The van der Waals surface area contributed by atoms with Gasteiger partial charge in [0.1, 0.15) is 17.4 Å². The van der Waals surface area contributed by atoms with Crippen molar-refractivity contribution in [2.75, 3.05) is 0 Å². The first kappa shape index (κ1) is 18.9. The molecule has 0 fully saturated rings. The molecule has 2 aromatic heterocycles. The van der Waals surface area contributed by atoms with Gasteiger partial charge in [0.25, 0.3) is 0 Å². The van der Waals surface area contributed by atoms with E-state index < -0.39 is 0 Å². The quantitative estimate of drug-likeness (QED) is 0.453. The van der Waals surface area contributed by atoms with E-state index in [-0.39, 0.29) is 30.0 Å². The van der Waals surface area contributed by atoms with Crippen LogP contribution in [0.4, 0.5) is 8.78 Å². The summed E-state index contributed by atoms with van der Waals surface area (Å²) in [6, 6.07) is 13.9. The van der Waals surface area contributed by atoms with E-state index in [0.29, 0.717) is 12.2 Å². The van der Waals surface area contributed by atoms with Crippen LogP contribution in [-0.4, -0.2) is 10.9 Å². The van der Waals surface area contributed by atoms with Crippen molar-refractivity contribution in [3.05, 3.63) is 83.8 Å². The Bertz CT molecular complexity index is 1130. The number of aromatic nitrogens is 1. The Morgan fingerprint density at radius 3 is 2.59 bits per heavy atom. The van der Waals surface area contributed by atoms with E-state index in [2.05, 4.69) is 10.3 Å². The Morgan fingerprint density at radius 2 is 1.86 bits per heavy atom. The number of furan rings is 1. The third-order valence-electron chi connectivity index (χ3n) is 4.95. The summed E-state index contributed by atoms with van der Waals surface area (Å²) in [5.74, 6) is -0.132. The van der Waals surface area contributed by atoms with Crippen LogP contribution in [-0.2, 0) is 11.2 Å². The predicted molar refractivity (Wildman–Crippen MR) is 107 cm³/mol. The molecule has 0 saturated carbocycles. The summed E-state index contributed by atoms with van der Waals surface area (Å²) < 4.78 is 32.5. The number of halogens is 2. The van der Waals surface area contributed by atoms with Crippen LogP contribution in [0.25, 0.3) is 22.2 Å². The van der Waals surface area contributed by atoms with Crippen LogP contribution in [0.3, 0.4) is 0 Å². The maximum absolute atomic E-state index is 13.9. The van der Waals surface area contributed by atoms with E-state index in [1.807, 2.05) is 6.92 Å². The molecule has 0 unspecified atom stereocenters. The van der Waals surface area contributed by atoms with Crippen LogP contribution in [0.2, 0.25) is 0 Å². The van der Waals surface area contributed by atoms with E-state index in [1.165, 1.54) is 24.3 Å². The average molecular weight is 394 g/mol. The van der Waals surface area contributed by atoms with Crippen LogP contribution in [0, 0.1) is 11.6 Å². The molecule has 0 spiro atoms. The molecule has 0 aliphatic heterocycles. The molecule has 0 saturated heterocycles. The lowest BCUT2D eigenvalue weighted by Crippen LogP contribution is -2.26. The molecule has 2 aromatic carbocycles. The highest BCUT2D eigenvalue weighted by Gasteiger charge is 2.17. The Balaban J connectivity index is 1.59. The van der Waals surface area contributed by atoms with E-state index in [4.69, 9.17) is 4.42 Å². The van der Waals surface area contributed by atoms with E-state index >= 15 is 0 Å². The van der Waals surface area contributed by atoms with Gasteiger partial charge in [0, 0.05) is 23.0 Å². The highest BCUT2D eigenvalue weighted by atomic mass is 19.1. The molecule has 4 rings (SSSR count). The fourth-order valence-electron chi connectivity index (χ4n) is 3.50. The standard InChI is InChI=1S/C23H20F2N2O2/c1-14(21-3-2-12-29-21)26-22(28)11-9-18-19-13-17(25)8-10-20(19)27-23(18)15-4-6-16(24)7-5-15/h2-8,10,12-14,27H,9,11H2,1H3,(H,26,28)/t14-/m1/s1. The molecule has 1 amide bonds. The van der Waals surface area contributed by atoms with Gasteiger partial charge in [-0.05, 0) is 79.1 Å². The first-order valence-corrected chi connectivity index (χ1v) is 9.40. The molecule has 0 bridgehead atoms. The van der Waals surface area contributed by atoms with Crippen LogP contribution in [0.5, 0.6) is 0 Å². The van der Waals surface area contributed by atoms with Gasteiger partial charge >= 0.3 is 0 Å². The minimum absolute atomic E-state index is 0.135. The zero-order valence-electron chi connectivity index (χ0n) is 15.8. The lowest BCUT2D eigenvalue weighted by molar-refractivity contribution is -0.121. The van der Waals surface area contributed by atoms with Gasteiger partial charge in [0.2, 0.25) is 5.91 Å². The third-order valence-corrected chi connectivity index (χ3v) is 4.95. The maximum Gasteiger partial charge on any atom is 0.220 e. The smallest absolute Gasteiger partial charge is 0.220 e. The van der Waals surface area contributed by atoms with Crippen molar-refractivity contribution in [1.82, 2.24) is 10.3 Å². The van der Waals surface area contributed by atoms with E-state index in [0.717, 1.165) is 27.7 Å². The Hall–Kier alpha value is -3.41. The number of fused-ring (bicyclic) bond motifs is 1. The summed E-state index contributed by atoms with van der Waals surface area (Å²) in [7, 11) is 0. The summed E-state index contributed by atoms with van der Waals surface area (Å²) in [5, 5.41) is 3.62. The van der Waals surface area contributed by atoms with Crippen molar-refractivity contribution >= 4 is 16.8 Å². The normalized spacial score (nSPS) is 12.2. The Labute approximate surface area is 166 Å². The zero-order chi connectivity index (χ0) is 20.4. The molecule has 4 nitrogen and oxygen atoms in total. The summed E-state index contributed by atoms with van der Waals surface area (Å²) in [5.41, 5.74) is 3.14. The Kier molecular flexibility index (Phi) is 5.16. The highest BCUT2D eigenvalue weighted by Crippen LogP contribution is 2.32.